The molecule has 4 heterocycles. The average molecular weight is 488 g/mol. The Labute approximate surface area is 202 Å². The van der Waals surface area contributed by atoms with Crippen LogP contribution in [-0.2, 0) is 4.74 Å². The van der Waals surface area contributed by atoms with Gasteiger partial charge in [-0.05, 0) is 24.0 Å². The summed E-state index contributed by atoms with van der Waals surface area (Å²) in [5.41, 5.74) is 7.22. The molecule has 4 aliphatic heterocycles. The summed E-state index contributed by atoms with van der Waals surface area (Å²) in [6.07, 6.45) is 9.15. The topological polar surface area (TPSA) is 54.5 Å². The van der Waals surface area contributed by atoms with Crippen LogP contribution in [0.3, 0.4) is 0 Å². The van der Waals surface area contributed by atoms with Crippen LogP contribution in [0.4, 0.5) is 5.69 Å². The standard InChI is InChI=1S/C24H30ClN5O2S/c1-33-21-7-6-17(14-31)23(21)18-12-28(20-5-3-2-4-19(20)25)13-22-29(24(18)33)15-26-30(22)16-27-8-10-32-11-9-27/h2-7,12,17,22,26,31H,8-11,13-16H2,1H3. The largest absolute Gasteiger partial charge is 0.395 e. The Hall–Kier alpha value is -1.49. The number of nitrogens with zero attached hydrogens (tertiary/aromatic N) is 4. The molecule has 2 N–H and O–H groups in total. The van der Waals surface area contributed by atoms with E-state index in [1.54, 1.807) is 0 Å². The van der Waals surface area contributed by atoms with Gasteiger partial charge in [0.2, 0.25) is 0 Å². The number of hydrogen-bond acceptors (Lipinski definition) is 7. The highest BCUT2D eigenvalue weighted by molar-refractivity contribution is 8.19. The van der Waals surface area contributed by atoms with Crippen molar-refractivity contribution < 1.29 is 9.84 Å². The smallest absolute Gasteiger partial charge is 0.101 e. The van der Waals surface area contributed by atoms with Crippen molar-refractivity contribution in [2.24, 2.45) is 5.92 Å². The molecule has 2 fully saturated rings. The van der Waals surface area contributed by atoms with Crippen molar-refractivity contribution in [1.29, 1.82) is 0 Å². The number of hydrogen-bond donors (Lipinski definition) is 2. The molecule has 6 rings (SSSR count). The van der Waals surface area contributed by atoms with Gasteiger partial charge in [0.1, 0.15) is 6.17 Å². The fourth-order valence-electron chi connectivity index (χ4n) is 5.45. The predicted octanol–water partition coefficient (Wildman–Crippen LogP) is 2.21. The van der Waals surface area contributed by atoms with E-state index < -0.39 is 0 Å². The number of allylic oxidation sites excluding steroid dienone is 1. The van der Waals surface area contributed by atoms with Crippen LogP contribution in [0.5, 0.6) is 0 Å². The first-order chi connectivity index (χ1) is 16.2. The molecule has 0 spiro atoms. The van der Waals surface area contributed by atoms with Gasteiger partial charge in [-0.25, -0.2) is 15.3 Å². The van der Waals surface area contributed by atoms with E-state index in [2.05, 4.69) is 55.8 Å². The lowest BCUT2D eigenvalue weighted by Gasteiger charge is -2.36. The number of fused-ring (bicyclic) bond motifs is 4. The van der Waals surface area contributed by atoms with Crippen molar-refractivity contribution in [3.8, 4) is 0 Å². The first kappa shape index (κ1) is 22.0. The Morgan fingerprint density at radius 1 is 1.24 bits per heavy atom. The quantitative estimate of drug-likeness (QED) is 0.631. The molecule has 0 radical (unpaired) electrons. The molecule has 0 saturated carbocycles. The van der Waals surface area contributed by atoms with Crippen molar-refractivity contribution in [3.63, 3.8) is 0 Å². The summed E-state index contributed by atoms with van der Waals surface area (Å²) in [6, 6.07) is 8.07. The fourth-order valence-corrected chi connectivity index (χ4v) is 7.81. The highest BCUT2D eigenvalue weighted by Gasteiger charge is 2.44. The second-order valence-corrected chi connectivity index (χ2v) is 11.3. The van der Waals surface area contributed by atoms with Gasteiger partial charge in [-0.2, -0.15) is 0 Å². The number of ether oxygens (including phenoxy) is 1. The lowest BCUT2D eigenvalue weighted by atomic mass is 9.96. The SMILES string of the molecule is CS1=C2C(=CN(c3ccccc3Cl)CC3N(CN4CCOCC4)NCN23)C2=C1C=CC2CO. The number of halogens is 1. The number of para-hydroxylation sites is 1. The van der Waals surface area contributed by atoms with Gasteiger partial charge < -0.3 is 14.7 Å². The third-order valence-electron chi connectivity index (χ3n) is 7.14. The molecule has 0 bridgehead atoms. The van der Waals surface area contributed by atoms with E-state index in [-0.39, 0.29) is 29.2 Å². The lowest BCUT2D eigenvalue weighted by molar-refractivity contribution is -0.00789. The zero-order valence-electron chi connectivity index (χ0n) is 18.8. The Balaban J connectivity index is 1.41. The van der Waals surface area contributed by atoms with E-state index in [4.69, 9.17) is 16.3 Å². The molecule has 0 aromatic heterocycles. The van der Waals surface area contributed by atoms with Crippen LogP contribution in [0.1, 0.15) is 0 Å². The summed E-state index contributed by atoms with van der Waals surface area (Å²) >= 11 is 6.68. The number of rotatable bonds is 4. The first-order valence-corrected chi connectivity index (χ1v) is 13.5. The van der Waals surface area contributed by atoms with Gasteiger partial charge in [-0.3, -0.25) is 4.90 Å². The van der Waals surface area contributed by atoms with Crippen LogP contribution in [0.2, 0.25) is 5.02 Å². The second-order valence-electron chi connectivity index (χ2n) is 9.00. The van der Waals surface area contributed by atoms with Crippen LogP contribution >= 0.6 is 22.1 Å². The van der Waals surface area contributed by atoms with E-state index >= 15 is 0 Å². The molecule has 2 saturated heterocycles. The average Bonchev–Trinajstić information content (AvgIpc) is 3.46. The van der Waals surface area contributed by atoms with Crippen molar-refractivity contribution in [1.82, 2.24) is 20.2 Å². The molecular weight excluding hydrogens is 458 g/mol. The summed E-state index contributed by atoms with van der Waals surface area (Å²) in [5.74, 6) is 0.0587. The molecule has 3 unspecified atom stereocenters. The highest BCUT2D eigenvalue weighted by Crippen LogP contribution is 2.50. The summed E-state index contributed by atoms with van der Waals surface area (Å²) in [4.78, 5) is 10.0. The normalized spacial score (nSPS) is 30.5. The van der Waals surface area contributed by atoms with Crippen molar-refractivity contribution >= 4 is 32.8 Å². The minimum absolute atomic E-state index is 0.0410. The number of morpholine rings is 1. The van der Waals surface area contributed by atoms with E-state index in [1.165, 1.54) is 21.0 Å². The van der Waals surface area contributed by atoms with E-state index in [0.717, 1.165) is 56.9 Å². The van der Waals surface area contributed by atoms with Crippen LogP contribution in [0.15, 0.2) is 58.7 Å². The van der Waals surface area contributed by atoms with Gasteiger partial charge in [-0.1, -0.05) is 35.9 Å². The minimum Gasteiger partial charge on any atom is -0.395 e. The lowest BCUT2D eigenvalue weighted by Crippen LogP contribution is -2.53. The predicted molar refractivity (Wildman–Crippen MR) is 135 cm³/mol. The Bertz CT molecular complexity index is 1080. The summed E-state index contributed by atoms with van der Waals surface area (Å²) < 4.78 is 5.56. The van der Waals surface area contributed by atoms with Gasteiger partial charge in [0.15, 0.2) is 0 Å². The number of hydrazine groups is 1. The maximum Gasteiger partial charge on any atom is 0.101 e. The van der Waals surface area contributed by atoms with E-state index in [0.29, 0.717) is 0 Å². The van der Waals surface area contributed by atoms with Gasteiger partial charge in [0, 0.05) is 35.7 Å². The molecule has 176 valence electrons. The summed E-state index contributed by atoms with van der Waals surface area (Å²) in [7, 11) is -0.0410. The molecule has 1 aromatic carbocycles. The van der Waals surface area contributed by atoms with Gasteiger partial charge in [-0.15, -0.1) is 10.5 Å². The van der Waals surface area contributed by atoms with Gasteiger partial charge >= 0.3 is 0 Å². The maximum atomic E-state index is 10.1. The van der Waals surface area contributed by atoms with E-state index in [9.17, 15) is 5.11 Å². The first-order valence-electron chi connectivity index (χ1n) is 11.5. The molecule has 33 heavy (non-hydrogen) atoms. The van der Waals surface area contributed by atoms with E-state index in [1.807, 2.05) is 18.2 Å². The van der Waals surface area contributed by atoms with Crippen LogP contribution in [0.25, 0.3) is 0 Å². The van der Waals surface area contributed by atoms with Crippen LogP contribution < -0.4 is 10.3 Å². The number of aliphatic hydroxyl groups excluding tert-OH is 1. The molecule has 1 aliphatic carbocycles. The molecule has 1 aromatic rings. The van der Waals surface area contributed by atoms with Crippen molar-refractivity contribution in [2.75, 3.05) is 63.9 Å². The summed E-state index contributed by atoms with van der Waals surface area (Å²) in [5, 5.41) is 13.2. The van der Waals surface area contributed by atoms with Gasteiger partial charge in [0.25, 0.3) is 0 Å². The molecule has 5 aliphatic rings. The Morgan fingerprint density at radius 2 is 2.06 bits per heavy atom. The fraction of sp³-hybridized carbons (Fsp3) is 0.458. The Kier molecular flexibility index (Phi) is 5.96. The number of anilines is 1. The number of nitrogens with one attached hydrogen (secondary N) is 1. The molecule has 3 atom stereocenters. The third kappa shape index (κ3) is 3.73. The zero-order valence-corrected chi connectivity index (χ0v) is 20.4. The second kappa shape index (κ2) is 8.94. The molecule has 7 nitrogen and oxygen atoms in total. The molecule has 9 heteroatoms. The van der Waals surface area contributed by atoms with Gasteiger partial charge in [0.05, 0.1) is 55.4 Å². The van der Waals surface area contributed by atoms with Crippen LogP contribution in [0, 0.1) is 5.92 Å². The molecule has 0 amide bonds. The monoisotopic (exact) mass is 487 g/mol. The third-order valence-corrected chi connectivity index (χ3v) is 9.51. The van der Waals surface area contributed by atoms with Crippen molar-refractivity contribution in [2.45, 2.75) is 6.17 Å². The number of aliphatic hydroxyl groups is 1. The molecular formula is C24H30ClN5O2S. The highest BCUT2D eigenvalue weighted by atomic mass is 35.5. The van der Waals surface area contributed by atoms with Crippen LogP contribution in [-0.4, -0.2) is 90.1 Å². The summed E-state index contributed by atoms with van der Waals surface area (Å²) in [6.45, 7) is 6.06. The minimum atomic E-state index is -0.0410. The zero-order chi connectivity index (χ0) is 22.5. The maximum absolute atomic E-state index is 10.1. The van der Waals surface area contributed by atoms with Crippen molar-refractivity contribution in [3.05, 3.63) is 63.7 Å². The number of benzene rings is 1. The Morgan fingerprint density at radius 3 is 2.85 bits per heavy atom.